The molecule has 4 nitrogen and oxygen atoms in total. The lowest BCUT2D eigenvalue weighted by atomic mass is 9.91. The van der Waals surface area contributed by atoms with Crippen molar-refractivity contribution in [3.63, 3.8) is 0 Å². The number of H-pyrrole nitrogens is 1. The molecule has 0 radical (unpaired) electrons. The van der Waals surface area contributed by atoms with Crippen molar-refractivity contribution in [3.05, 3.63) is 33.1 Å². The van der Waals surface area contributed by atoms with E-state index in [1.54, 1.807) is 11.3 Å². The number of hydrogen-bond acceptors (Lipinski definition) is 3. The lowest BCUT2D eigenvalue weighted by molar-refractivity contribution is -0.116. The molecule has 0 saturated carbocycles. The van der Waals surface area contributed by atoms with Crippen LogP contribution in [0.4, 0.5) is 5.82 Å². The van der Waals surface area contributed by atoms with Crippen LogP contribution in [0.1, 0.15) is 40.3 Å². The highest BCUT2D eigenvalue weighted by atomic mass is 32.1. The van der Waals surface area contributed by atoms with Crippen LogP contribution in [0.3, 0.4) is 0 Å². The summed E-state index contributed by atoms with van der Waals surface area (Å²) in [6.45, 7) is 4.16. The molecule has 18 heavy (non-hydrogen) atoms. The summed E-state index contributed by atoms with van der Waals surface area (Å²) in [5.74, 6) is 0.892. The predicted octanol–water partition coefficient (Wildman–Crippen LogP) is 2.82. The second kappa shape index (κ2) is 4.24. The van der Waals surface area contributed by atoms with Gasteiger partial charge in [0.15, 0.2) is 5.82 Å². The summed E-state index contributed by atoms with van der Waals surface area (Å²) in [6, 6.07) is 4.30. The first-order valence-corrected chi connectivity index (χ1v) is 6.94. The third-order valence-corrected chi connectivity index (χ3v) is 4.71. The average Bonchev–Trinajstić information content (AvgIpc) is 2.96. The van der Waals surface area contributed by atoms with Gasteiger partial charge >= 0.3 is 0 Å². The van der Waals surface area contributed by atoms with Crippen molar-refractivity contribution >= 4 is 23.1 Å². The Morgan fingerprint density at radius 2 is 2.33 bits per heavy atom. The van der Waals surface area contributed by atoms with Crippen LogP contribution < -0.4 is 5.32 Å². The summed E-state index contributed by atoms with van der Waals surface area (Å²) >= 11 is 1.80. The highest BCUT2D eigenvalue weighted by Crippen LogP contribution is 2.40. The molecule has 0 saturated heterocycles. The highest BCUT2D eigenvalue weighted by molar-refractivity contribution is 7.12. The van der Waals surface area contributed by atoms with Crippen molar-refractivity contribution in [2.45, 2.75) is 32.6 Å². The molecule has 2 aromatic heterocycles. The largest absolute Gasteiger partial charge is 0.309 e. The molecule has 0 bridgehead atoms. The van der Waals surface area contributed by atoms with Gasteiger partial charge in [0.25, 0.3) is 0 Å². The number of aryl methyl sites for hydroxylation is 2. The molecule has 94 valence electrons. The van der Waals surface area contributed by atoms with Crippen molar-refractivity contribution < 1.29 is 4.79 Å². The maximum Gasteiger partial charge on any atom is 0.226 e. The average molecular weight is 261 g/mol. The van der Waals surface area contributed by atoms with Gasteiger partial charge in [-0.2, -0.15) is 5.10 Å². The first-order valence-electron chi connectivity index (χ1n) is 6.12. The van der Waals surface area contributed by atoms with Gasteiger partial charge in [0.2, 0.25) is 5.91 Å². The van der Waals surface area contributed by atoms with Crippen LogP contribution in [0.2, 0.25) is 0 Å². The van der Waals surface area contributed by atoms with Crippen molar-refractivity contribution in [2.75, 3.05) is 5.32 Å². The van der Waals surface area contributed by atoms with Crippen molar-refractivity contribution in [1.29, 1.82) is 0 Å². The molecule has 2 N–H and O–H groups in total. The summed E-state index contributed by atoms with van der Waals surface area (Å²) in [7, 11) is 0. The molecule has 0 fully saturated rings. The third kappa shape index (κ3) is 1.75. The van der Waals surface area contributed by atoms with Gasteiger partial charge in [-0.1, -0.05) is 6.92 Å². The summed E-state index contributed by atoms with van der Waals surface area (Å²) in [4.78, 5) is 14.4. The number of aromatic nitrogens is 2. The first-order chi connectivity index (χ1) is 8.69. The van der Waals surface area contributed by atoms with Crippen molar-refractivity contribution in [2.24, 2.45) is 0 Å². The second-order valence-electron chi connectivity index (χ2n) is 4.57. The predicted molar refractivity (Wildman–Crippen MR) is 72.1 cm³/mol. The van der Waals surface area contributed by atoms with E-state index in [2.05, 4.69) is 34.6 Å². The number of carbonyl (C=O) groups is 1. The fourth-order valence-corrected chi connectivity index (χ4v) is 3.51. The van der Waals surface area contributed by atoms with E-state index in [-0.39, 0.29) is 11.8 Å². The molecule has 0 aliphatic carbocycles. The monoisotopic (exact) mass is 261 g/mol. The van der Waals surface area contributed by atoms with Gasteiger partial charge in [-0.15, -0.1) is 11.3 Å². The summed E-state index contributed by atoms with van der Waals surface area (Å²) in [5, 5.41) is 9.94. The number of carbonyl (C=O) groups excluding carboxylic acids is 1. The van der Waals surface area contributed by atoms with Crippen LogP contribution >= 0.6 is 11.3 Å². The van der Waals surface area contributed by atoms with E-state index in [9.17, 15) is 4.79 Å². The molecule has 3 heterocycles. The molecule has 1 unspecified atom stereocenters. The fourth-order valence-electron chi connectivity index (χ4n) is 2.44. The normalized spacial score (nSPS) is 18.6. The van der Waals surface area contributed by atoms with Crippen molar-refractivity contribution in [3.8, 4) is 0 Å². The maximum atomic E-state index is 11.7. The van der Waals surface area contributed by atoms with Gasteiger partial charge in [-0.05, 0) is 25.5 Å². The molecule has 1 amide bonds. The lowest BCUT2D eigenvalue weighted by Gasteiger charge is -2.21. The Balaban J connectivity index is 2.06. The number of thiophene rings is 1. The van der Waals surface area contributed by atoms with E-state index in [4.69, 9.17) is 0 Å². The molecule has 1 atom stereocenters. The Morgan fingerprint density at radius 1 is 1.50 bits per heavy atom. The van der Waals surface area contributed by atoms with Crippen LogP contribution in [0.5, 0.6) is 0 Å². The Labute approximate surface area is 109 Å². The van der Waals surface area contributed by atoms with Crippen LogP contribution in [-0.2, 0) is 11.2 Å². The van der Waals surface area contributed by atoms with Gasteiger partial charge in [0, 0.05) is 33.4 Å². The lowest BCUT2D eigenvalue weighted by Crippen LogP contribution is -2.22. The summed E-state index contributed by atoms with van der Waals surface area (Å²) in [6.07, 6.45) is 1.55. The van der Waals surface area contributed by atoms with Crippen LogP contribution in [0.25, 0.3) is 0 Å². The quantitative estimate of drug-likeness (QED) is 0.873. The minimum atomic E-state index is 0.0467. The van der Waals surface area contributed by atoms with Crippen LogP contribution in [0.15, 0.2) is 12.1 Å². The Morgan fingerprint density at radius 3 is 3.06 bits per heavy atom. The minimum absolute atomic E-state index is 0.0467. The van der Waals surface area contributed by atoms with Gasteiger partial charge < -0.3 is 5.32 Å². The molecule has 1 aliphatic heterocycles. The van der Waals surface area contributed by atoms with Gasteiger partial charge in [-0.25, -0.2) is 0 Å². The Hall–Kier alpha value is -1.62. The molecular formula is C13H15N3OS. The molecule has 5 heteroatoms. The van der Waals surface area contributed by atoms with Gasteiger partial charge in [0.05, 0.1) is 0 Å². The first kappa shape index (κ1) is 11.5. The fraction of sp³-hybridized carbons (Fsp3) is 0.385. The number of rotatable bonds is 2. The molecule has 2 aromatic rings. The number of fused-ring (bicyclic) bond motifs is 1. The van der Waals surface area contributed by atoms with E-state index in [0.717, 1.165) is 17.7 Å². The van der Waals surface area contributed by atoms with Crippen LogP contribution in [-0.4, -0.2) is 16.1 Å². The zero-order valence-corrected chi connectivity index (χ0v) is 11.2. The number of aromatic amines is 1. The van der Waals surface area contributed by atoms with Gasteiger partial charge in [0.1, 0.15) is 0 Å². The smallest absolute Gasteiger partial charge is 0.226 e. The van der Waals surface area contributed by atoms with Gasteiger partial charge in [-0.3, -0.25) is 9.89 Å². The SMILES string of the molecule is CCc1ccc(C2CC(=O)Nc3n[nH]c(C)c32)s1. The van der Waals surface area contributed by atoms with Crippen molar-refractivity contribution in [1.82, 2.24) is 10.2 Å². The number of anilines is 1. The topological polar surface area (TPSA) is 57.8 Å². The highest BCUT2D eigenvalue weighted by Gasteiger charge is 2.31. The number of hydrogen-bond donors (Lipinski definition) is 2. The van der Waals surface area contributed by atoms with E-state index in [1.807, 2.05) is 6.92 Å². The van der Waals surface area contributed by atoms with E-state index in [0.29, 0.717) is 12.2 Å². The van der Waals surface area contributed by atoms with E-state index >= 15 is 0 Å². The summed E-state index contributed by atoms with van der Waals surface area (Å²) in [5.41, 5.74) is 2.18. The zero-order chi connectivity index (χ0) is 12.7. The third-order valence-electron chi connectivity index (χ3n) is 3.36. The standard InChI is InChI=1S/C13H15N3OS/c1-3-8-4-5-10(18-8)9-6-11(17)14-13-12(9)7(2)15-16-13/h4-5,9H,3,6H2,1-2H3,(H2,14,15,16,17). The Bertz CT molecular complexity index is 599. The second-order valence-corrected chi connectivity index (χ2v) is 5.77. The molecule has 3 rings (SSSR count). The Kier molecular flexibility index (Phi) is 2.70. The molecular weight excluding hydrogens is 246 g/mol. The molecule has 0 spiro atoms. The molecule has 0 aromatic carbocycles. The van der Waals surface area contributed by atoms with E-state index < -0.39 is 0 Å². The number of nitrogens with zero attached hydrogens (tertiary/aromatic N) is 1. The number of amides is 1. The number of nitrogens with one attached hydrogen (secondary N) is 2. The maximum absolute atomic E-state index is 11.7. The van der Waals surface area contributed by atoms with Crippen LogP contribution in [0, 0.1) is 6.92 Å². The van der Waals surface area contributed by atoms with E-state index in [1.165, 1.54) is 9.75 Å². The molecule has 1 aliphatic rings. The zero-order valence-electron chi connectivity index (χ0n) is 10.4. The minimum Gasteiger partial charge on any atom is -0.309 e. The summed E-state index contributed by atoms with van der Waals surface area (Å²) < 4.78 is 0.